The first-order valence-electron chi connectivity index (χ1n) is 26.0. The molecular formula is C48H68N8O23P2S. The molecule has 31 nitrogen and oxygen atoms in total. The van der Waals surface area contributed by atoms with E-state index in [0.717, 1.165) is 0 Å². The van der Waals surface area contributed by atoms with Crippen molar-refractivity contribution in [2.24, 2.45) is 0 Å². The predicted molar refractivity (Wildman–Crippen MR) is 287 cm³/mol. The van der Waals surface area contributed by atoms with Gasteiger partial charge in [0.25, 0.3) is 22.2 Å². The summed E-state index contributed by atoms with van der Waals surface area (Å²) in [7, 11) is 0.0117. The number of aliphatic hydroxyl groups excluding tert-OH is 1. The molecule has 8 heterocycles. The number of hydrogen-bond acceptors (Lipinski definition) is 24. The maximum Gasteiger partial charge on any atom is 0.488 e. The van der Waals surface area contributed by atoms with Crippen LogP contribution < -0.4 is 49.9 Å². The summed E-state index contributed by atoms with van der Waals surface area (Å²) in [5.74, 6) is -0.819. The summed E-state index contributed by atoms with van der Waals surface area (Å²) in [5, 5.41) is 9.15. The van der Waals surface area contributed by atoms with Gasteiger partial charge in [-0.05, 0) is 45.1 Å². The smallest absolute Gasteiger partial charge is 0.488 e. The van der Waals surface area contributed by atoms with E-state index in [1.54, 1.807) is 34.6 Å². The number of aromatic nitrogens is 8. The quantitative estimate of drug-likeness (QED) is 0.0467. The number of H-pyrrole nitrogens is 4. The van der Waals surface area contributed by atoms with Gasteiger partial charge in [0, 0.05) is 105 Å². The van der Waals surface area contributed by atoms with Gasteiger partial charge in [0.05, 0.1) is 43.7 Å². The second-order valence-corrected chi connectivity index (χ2v) is 23.9. The lowest BCUT2D eigenvalue weighted by atomic mass is 10.1. The average Bonchev–Trinajstić information content (AvgIpc) is 4.38. The third-order valence-electron chi connectivity index (χ3n) is 13.7. The molecule has 454 valence electrons. The van der Waals surface area contributed by atoms with E-state index in [4.69, 9.17) is 51.8 Å². The number of aryl methyl sites for hydroxylation is 4. The lowest BCUT2D eigenvalue weighted by Crippen LogP contribution is -2.33. The van der Waals surface area contributed by atoms with Gasteiger partial charge in [-0.3, -0.25) is 71.2 Å². The van der Waals surface area contributed by atoms with E-state index >= 15 is 0 Å². The van der Waals surface area contributed by atoms with Crippen molar-refractivity contribution < 1.29 is 70.7 Å². The fourth-order valence-electron chi connectivity index (χ4n) is 9.24. The molecule has 0 amide bonds. The number of esters is 1. The number of methoxy groups -OCH3 is 2. The summed E-state index contributed by atoms with van der Waals surface area (Å²) >= 11 is 0.672. The summed E-state index contributed by atoms with van der Waals surface area (Å²) in [6.45, 7) is 7.07. The Bertz CT molecular complexity index is 3420. The van der Waals surface area contributed by atoms with Crippen molar-refractivity contribution in [2.75, 3.05) is 33.4 Å². The van der Waals surface area contributed by atoms with Gasteiger partial charge in [-0.15, -0.1) is 4.52 Å². The van der Waals surface area contributed by atoms with Crippen LogP contribution in [0.15, 0.2) is 63.1 Å². The van der Waals surface area contributed by atoms with E-state index in [1.807, 2.05) is 13.8 Å². The van der Waals surface area contributed by atoms with Crippen LogP contribution in [-0.2, 0) is 60.7 Å². The molecule has 4 aromatic rings. The molecule has 0 aliphatic carbocycles. The molecule has 4 aromatic heterocycles. The number of aromatic amines is 4. The number of carbonyl (C=O) groups is 1. The lowest BCUT2D eigenvalue weighted by molar-refractivity contribution is -0.190. The molecular weight excluding hydrogens is 1150 g/mol. The van der Waals surface area contributed by atoms with Crippen molar-refractivity contribution in [3.8, 4) is 0 Å². The number of carbonyl (C=O) groups excluding carboxylic acids is 1. The first kappa shape index (κ1) is 65.6. The molecule has 0 radical (unpaired) electrons. The molecule has 4 saturated heterocycles. The van der Waals surface area contributed by atoms with Crippen LogP contribution in [0.1, 0.15) is 113 Å². The molecule has 4 aliphatic heterocycles. The minimum atomic E-state index is -4.08. The number of nitrogens with one attached hydrogen (secondary N) is 4. The zero-order chi connectivity index (χ0) is 60.3. The number of aliphatic hydroxyl groups is 1. The molecule has 0 saturated carbocycles. The molecule has 4 aliphatic rings. The van der Waals surface area contributed by atoms with E-state index in [-0.39, 0.29) is 50.9 Å². The average molecular weight is 1220 g/mol. The summed E-state index contributed by atoms with van der Waals surface area (Å²) in [6, 6.07) is 0. The Morgan fingerprint density at radius 1 is 0.622 bits per heavy atom. The van der Waals surface area contributed by atoms with Crippen LogP contribution in [0.5, 0.6) is 0 Å². The minimum absolute atomic E-state index is 0.115. The molecule has 4 fully saturated rings. The maximum absolute atomic E-state index is 14.1. The van der Waals surface area contributed by atoms with Crippen molar-refractivity contribution in [3.63, 3.8) is 0 Å². The first-order valence-corrected chi connectivity index (χ1v) is 30.2. The van der Waals surface area contributed by atoms with E-state index in [2.05, 4.69) is 19.9 Å². The highest BCUT2D eigenvalue weighted by Gasteiger charge is 2.45. The van der Waals surface area contributed by atoms with Crippen molar-refractivity contribution in [1.82, 2.24) is 38.2 Å². The summed E-state index contributed by atoms with van der Waals surface area (Å²) in [6.07, 6.45) is 0.558. The van der Waals surface area contributed by atoms with Crippen molar-refractivity contribution in [1.29, 1.82) is 0 Å². The third-order valence-corrected chi connectivity index (χ3v) is 17.6. The van der Waals surface area contributed by atoms with Gasteiger partial charge < -0.3 is 43.2 Å². The highest BCUT2D eigenvalue weighted by molar-refractivity contribution is 8.55. The topological polar surface area (TPSA) is 406 Å². The predicted octanol–water partition coefficient (Wildman–Crippen LogP) is 0.943. The molecule has 0 spiro atoms. The standard InChI is InChI=1S/C26H37N4O12PS.C11H15N2O6P.C11H16N2O5/c1-6-16-18(9-21(40-16)30-11-15(4)24(33)28-26(30)35)42-43(36,44-13-38-22(31)7-2)39-12-19-17(37-5)8-20(41-19)29-10-14(3)23(32)27-25(29)34;1-3-7-8(19-20(16)17)4-9(18-7)13-5-6(2)10(14)12-11(13)15;1-6-4-13(11(16)12-10(6)15)9-3-7(17-2)8(5-14)18-9/h10-11,16-21H,6-9,12-13H2,1-5H3,(H,27,32,34)(H,28,33,35);5,7-9H,3-4H2,1-2H3,(H,12,14,15);4,7-9,14H,3,5H2,1-2H3,(H,12,15,16)/t16-,17?,18?,19-,20-,21-,43?;7-,8?,9-;7?,8-,9-/m111/s1. The molecule has 8 rings (SSSR count). The van der Waals surface area contributed by atoms with Crippen molar-refractivity contribution in [3.05, 3.63) is 130 Å². The number of nitrogens with zero attached hydrogens (tertiary/aromatic N) is 4. The SMILES string of the molecule is CCC(=O)OCSP(=O)(OC[C@H]1O[C@@H](n2cc(C)c(=O)[nH]c2=O)CC1OC)OC1C[C@H](n2cc(C)c(=O)[nH]c2=O)O[C@@H]1CC.CC[C@H]1O[C@@H](n2cc(C)c(=O)[nH]c2=O)CC1O[P+](=O)[O-].COC1C[C@H](n2cc(C)c(=O)[nH]c2=O)O[C@@H]1CO. The molecule has 14 atom stereocenters. The van der Waals surface area contributed by atoms with Gasteiger partial charge in [0.1, 0.15) is 49.2 Å². The van der Waals surface area contributed by atoms with E-state index in [1.165, 1.54) is 57.3 Å². The van der Waals surface area contributed by atoms with Crippen LogP contribution in [0.2, 0.25) is 0 Å². The van der Waals surface area contributed by atoms with Gasteiger partial charge >= 0.3 is 43.8 Å². The maximum atomic E-state index is 14.1. The number of ether oxygens (including phenoxy) is 7. The fourth-order valence-corrected chi connectivity index (χ4v) is 12.5. The van der Waals surface area contributed by atoms with Gasteiger partial charge in [-0.25, -0.2) is 23.7 Å². The number of rotatable bonds is 20. The monoisotopic (exact) mass is 1220 g/mol. The van der Waals surface area contributed by atoms with Crippen LogP contribution in [0.4, 0.5) is 0 Å². The van der Waals surface area contributed by atoms with E-state index < -0.39 is 134 Å². The third kappa shape index (κ3) is 16.4. The highest BCUT2D eigenvalue weighted by atomic mass is 32.7. The first-order chi connectivity index (χ1) is 38.9. The number of hydrogen-bond donors (Lipinski definition) is 5. The van der Waals surface area contributed by atoms with E-state index in [9.17, 15) is 57.2 Å². The van der Waals surface area contributed by atoms with Gasteiger partial charge in [0.15, 0.2) is 0 Å². The summed E-state index contributed by atoms with van der Waals surface area (Å²) < 4.78 is 85.7. The van der Waals surface area contributed by atoms with Crippen molar-refractivity contribution in [2.45, 2.75) is 167 Å². The van der Waals surface area contributed by atoms with Crippen molar-refractivity contribution >= 4 is 32.4 Å². The van der Waals surface area contributed by atoms with E-state index in [0.29, 0.717) is 52.9 Å². The normalized spacial score (nSPS) is 26.8. The second kappa shape index (κ2) is 29.3. The van der Waals surface area contributed by atoms with Crippen LogP contribution in [0.3, 0.4) is 0 Å². The van der Waals surface area contributed by atoms with Gasteiger partial charge in [-0.2, -0.15) is 0 Å². The Morgan fingerprint density at radius 2 is 0.976 bits per heavy atom. The van der Waals surface area contributed by atoms with Crippen LogP contribution in [-0.4, -0.2) is 131 Å². The Hall–Kier alpha value is -5.57. The highest BCUT2D eigenvalue weighted by Crippen LogP contribution is 2.63. The Kier molecular flexibility index (Phi) is 23.4. The zero-order valence-electron chi connectivity index (χ0n) is 46.3. The molecule has 82 heavy (non-hydrogen) atoms. The molecule has 5 N–H and O–H groups in total. The summed E-state index contributed by atoms with van der Waals surface area (Å²) in [4.78, 5) is 126. The van der Waals surface area contributed by atoms with Crippen LogP contribution in [0.25, 0.3) is 0 Å². The molecule has 34 heteroatoms. The van der Waals surface area contributed by atoms with Crippen LogP contribution >= 0.6 is 26.4 Å². The van der Waals surface area contributed by atoms with Gasteiger partial charge in [0.2, 0.25) is 0 Å². The van der Waals surface area contributed by atoms with Gasteiger partial charge in [-0.1, -0.05) is 20.8 Å². The molecule has 0 aromatic carbocycles. The second-order valence-electron chi connectivity index (χ2n) is 19.3. The van der Waals surface area contributed by atoms with Crippen LogP contribution in [0, 0.1) is 27.7 Å². The Balaban J connectivity index is 0.000000233. The Morgan fingerprint density at radius 3 is 1.33 bits per heavy atom. The lowest BCUT2D eigenvalue weighted by Gasteiger charge is -2.25. The fraction of sp³-hybridized carbons (Fsp3) is 0.646. The molecule has 0 bridgehead atoms. The summed E-state index contributed by atoms with van der Waals surface area (Å²) in [5.41, 5.74) is -2.85. The largest absolute Gasteiger partial charge is 0.566 e. The Labute approximate surface area is 470 Å². The zero-order valence-corrected chi connectivity index (χ0v) is 48.9. The molecule has 6 unspecified atom stereocenters. The minimum Gasteiger partial charge on any atom is -0.566 e.